The van der Waals surface area contributed by atoms with E-state index in [-0.39, 0.29) is 30.4 Å². The third-order valence-electron chi connectivity index (χ3n) is 4.88. The molecular formula is C24H22FN2O2S+. The highest BCUT2D eigenvalue weighted by Crippen LogP contribution is 2.26. The molecule has 0 aliphatic heterocycles. The predicted molar refractivity (Wildman–Crippen MR) is 114 cm³/mol. The molecule has 0 aliphatic carbocycles. The third-order valence-corrected chi connectivity index (χ3v) is 5.82. The standard InChI is InChI=1S/C24H21FN2O2S/c25-19-12-10-18(11-13-19)24(21-9-5-15-30-21)27-22(28)16-26-23(20-8-4-14-29-20)17-6-2-1-3-7-17/h1-15,23-24,26H,16H2,(H,27,28)/p+1/t23-,24+/m1/s1. The number of amides is 1. The average Bonchev–Trinajstić information content (AvgIpc) is 3.48. The fourth-order valence-electron chi connectivity index (χ4n) is 3.42. The summed E-state index contributed by atoms with van der Waals surface area (Å²) >= 11 is 1.56. The molecule has 3 N–H and O–H groups in total. The SMILES string of the molecule is O=C(C[NH2+][C@H](c1ccccc1)c1ccco1)N[C@@H](c1ccc(F)cc1)c1cccs1. The zero-order valence-electron chi connectivity index (χ0n) is 16.2. The summed E-state index contributed by atoms with van der Waals surface area (Å²) in [5, 5.41) is 7.02. The normalized spacial score (nSPS) is 13.0. The van der Waals surface area contributed by atoms with Gasteiger partial charge in [0.25, 0.3) is 5.91 Å². The highest BCUT2D eigenvalue weighted by Gasteiger charge is 2.23. The van der Waals surface area contributed by atoms with Gasteiger partial charge in [-0.2, -0.15) is 0 Å². The number of carbonyl (C=O) groups excluding carboxylic acids is 1. The molecule has 0 bridgehead atoms. The van der Waals surface area contributed by atoms with Gasteiger partial charge in [0.05, 0.1) is 12.3 Å². The van der Waals surface area contributed by atoms with Gasteiger partial charge in [0.2, 0.25) is 0 Å². The van der Waals surface area contributed by atoms with Crippen molar-refractivity contribution in [1.82, 2.24) is 5.32 Å². The highest BCUT2D eigenvalue weighted by atomic mass is 32.1. The molecule has 0 fully saturated rings. The Bertz CT molecular complexity index is 1050. The molecule has 4 nitrogen and oxygen atoms in total. The number of furan rings is 1. The van der Waals surface area contributed by atoms with E-state index in [0.717, 1.165) is 21.8 Å². The van der Waals surface area contributed by atoms with Crippen molar-refractivity contribution < 1.29 is 18.9 Å². The van der Waals surface area contributed by atoms with E-state index in [2.05, 4.69) is 5.32 Å². The lowest BCUT2D eigenvalue weighted by Gasteiger charge is -2.19. The summed E-state index contributed by atoms with van der Waals surface area (Å²) in [5.74, 6) is 0.389. The van der Waals surface area contributed by atoms with Crippen molar-refractivity contribution in [3.8, 4) is 0 Å². The lowest BCUT2D eigenvalue weighted by molar-refractivity contribution is -0.678. The van der Waals surface area contributed by atoms with Gasteiger partial charge < -0.3 is 15.1 Å². The van der Waals surface area contributed by atoms with Gasteiger partial charge in [0.15, 0.2) is 18.3 Å². The molecule has 4 rings (SSSR count). The number of thiophene rings is 1. The molecule has 0 spiro atoms. The van der Waals surface area contributed by atoms with E-state index >= 15 is 0 Å². The fourth-order valence-corrected chi connectivity index (χ4v) is 4.22. The Morgan fingerprint density at radius 3 is 2.43 bits per heavy atom. The Kier molecular flexibility index (Phi) is 6.37. The van der Waals surface area contributed by atoms with Crippen molar-refractivity contribution in [3.63, 3.8) is 0 Å². The van der Waals surface area contributed by atoms with Crippen LogP contribution >= 0.6 is 11.3 Å². The number of halogens is 1. The molecule has 6 heteroatoms. The summed E-state index contributed by atoms with van der Waals surface area (Å²) in [4.78, 5) is 13.9. The Balaban J connectivity index is 1.48. The van der Waals surface area contributed by atoms with Crippen LogP contribution in [0, 0.1) is 5.82 Å². The number of carbonyl (C=O) groups is 1. The van der Waals surface area contributed by atoms with Crippen LogP contribution in [0.2, 0.25) is 0 Å². The van der Waals surface area contributed by atoms with Crippen molar-refractivity contribution in [1.29, 1.82) is 0 Å². The first kappa shape index (κ1) is 20.1. The van der Waals surface area contributed by atoms with Crippen molar-refractivity contribution in [2.24, 2.45) is 0 Å². The van der Waals surface area contributed by atoms with Gasteiger partial charge in [0.1, 0.15) is 5.82 Å². The first-order valence-electron chi connectivity index (χ1n) is 9.70. The molecule has 4 aromatic rings. The second-order valence-electron chi connectivity index (χ2n) is 6.91. The van der Waals surface area contributed by atoms with Crippen LogP contribution in [-0.2, 0) is 4.79 Å². The summed E-state index contributed by atoms with van der Waals surface area (Å²) in [5.41, 5.74) is 1.91. The van der Waals surface area contributed by atoms with Crippen molar-refractivity contribution in [2.75, 3.05) is 6.54 Å². The van der Waals surface area contributed by atoms with Crippen LogP contribution in [0.5, 0.6) is 0 Å². The monoisotopic (exact) mass is 421 g/mol. The molecule has 0 aliphatic rings. The molecule has 0 radical (unpaired) electrons. The van der Waals surface area contributed by atoms with Gasteiger partial charge >= 0.3 is 0 Å². The number of benzene rings is 2. The van der Waals surface area contributed by atoms with Gasteiger partial charge in [0, 0.05) is 10.4 Å². The topological polar surface area (TPSA) is 58.9 Å². The van der Waals surface area contributed by atoms with Crippen LogP contribution in [0.25, 0.3) is 0 Å². The molecule has 2 aromatic heterocycles. The number of hydrogen-bond donors (Lipinski definition) is 2. The first-order valence-corrected chi connectivity index (χ1v) is 10.6. The summed E-state index contributed by atoms with van der Waals surface area (Å²) < 4.78 is 19.0. The van der Waals surface area contributed by atoms with Crippen LogP contribution in [0.1, 0.15) is 33.8 Å². The van der Waals surface area contributed by atoms with Crippen LogP contribution in [0.4, 0.5) is 4.39 Å². The molecular weight excluding hydrogens is 399 g/mol. The maximum atomic E-state index is 13.4. The minimum Gasteiger partial charge on any atom is -0.463 e. The fraction of sp³-hybridized carbons (Fsp3) is 0.125. The van der Waals surface area contributed by atoms with Gasteiger partial charge in [-0.1, -0.05) is 48.5 Å². The summed E-state index contributed by atoms with van der Waals surface area (Å²) in [7, 11) is 0. The van der Waals surface area contributed by atoms with E-state index in [1.165, 1.54) is 12.1 Å². The van der Waals surface area contributed by atoms with Crippen molar-refractivity contribution in [3.05, 3.63) is 118 Å². The molecule has 152 valence electrons. The molecule has 2 atom stereocenters. The smallest absolute Gasteiger partial charge is 0.275 e. The van der Waals surface area contributed by atoms with Crippen molar-refractivity contribution in [2.45, 2.75) is 12.1 Å². The molecule has 2 aromatic carbocycles. The second-order valence-corrected chi connectivity index (χ2v) is 7.89. The average molecular weight is 422 g/mol. The van der Waals surface area contributed by atoms with Crippen LogP contribution in [0.15, 0.2) is 94.9 Å². The minimum atomic E-state index is -0.315. The minimum absolute atomic E-state index is 0.106. The maximum Gasteiger partial charge on any atom is 0.275 e. The largest absolute Gasteiger partial charge is 0.463 e. The number of rotatable bonds is 8. The predicted octanol–water partition coefficient (Wildman–Crippen LogP) is 4.04. The summed E-state index contributed by atoms with van der Waals surface area (Å²) in [6, 6.07) is 23.4. The lowest BCUT2D eigenvalue weighted by atomic mass is 10.0. The number of hydrogen-bond acceptors (Lipinski definition) is 3. The number of nitrogens with two attached hydrogens (primary N) is 1. The number of quaternary nitrogens is 1. The van der Waals surface area contributed by atoms with Gasteiger partial charge in [-0.15, -0.1) is 11.3 Å². The summed E-state index contributed by atoms with van der Waals surface area (Å²) in [6.45, 7) is 0.226. The Labute approximate surface area is 178 Å². The van der Waals surface area contributed by atoms with E-state index < -0.39 is 0 Å². The highest BCUT2D eigenvalue weighted by molar-refractivity contribution is 7.10. The first-order chi connectivity index (χ1) is 14.7. The Hall–Kier alpha value is -3.22. The Morgan fingerprint density at radius 1 is 0.967 bits per heavy atom. The molecule has 30 heavy (non-hydrogen) atoms. The van der Waals surface area contributed by atoms with Crippen LogP contribution in [0.3, 0.4) is 0 Å². The molecule has 0 saturated carbocycles. The molecule has 0 unspecified atom stereocenters. The molecule has 2 heterocycles. The van der Waals surface area contributed by atoms with E-state index in [4.69, 9.17) is 4.42 Å². The van der Waals surface area contributed by atoms with Gasteiger partial charge in [-0.05, 0) is 41.3 Å². The van der Waals surface area contributed by atoms with Crippen LogP contribution < -0.4 is 10.6 Å². The summed E-state index contributed by atoms with van der Waals surface area (Å²) in [6.07, 6.45) is 1.64. The van der Waals surface area contributed by atoms with Gasteiger partial charge in [-0.3, -0.25) is 4.79 Å². The van der Waals surface area contributed by atoms with Gasteiger partial charge in [-0.25, -0.2) is 4.39 Å². The quantitative estimate of drug-likeness (QED) is 0.451. The van der Waals surface area contributed by atoms with E-state index in [1.807, 2.05) is 65.3 Å². The third kappa shape index (κ3) is 4.84. The van der Waals surface area contributed by atoms with Crippen molar-refractivity contribution >= 4 is 17.2 Å². The van der Waals surface area contributed by atoms with E-state index in [1.54, 1.807) is 29.7 Å². The molecule has 1 amide bonds. The van der Waals surface area contributed by atoms with E-state index in [9.17, 15) is 9.18 Å². The lowest BCUT2D eigenvalue weighted by Crippen LogP contribution is -2.87. The Morgan fingerprint density at radius 2 is 1.77 bits per heavy atom. The zero-order valence-corrected chi connectivity index (χ0v) is 17.0. The molecule has 0 saturated heterocycles. The number of nitrogens with one attached hydrogen (secondary N) is 1. The van der Waals surface area contributed by atoms with Crippen LogP contribution in [-0.4, -0.2) is 12.5 Å². The zero-order chi connectivity index (χ0) is 20.8. The van der Waals surface area contributed by atoms with E-state index in [0.29, 0.717) is 0 Å². The second kappa shape index (κ2) is 9.52. The maximum absolute atomic E-state index is 13.4.